The Morgan fingerprint density at radius 1 is 1.33 bits per heavy atom. The molecule has 24 heavy (non-hydrogen) atoms. The van der Waals surface area contributed by atoms with E-state index in [1.165, 1.54) is 0 Å². The summed E-state index contributed by atoms with van der Waals surface area (Å²) in [5.74, 6) is -0.215. The predicted octanol–water partition coefficient (Wildman–Crippen LogP) is 2.77. The monoisotopic (exact) mass is 369 g/mol. The highest BCUT2D eigenvalue weighted by Gasteiger charge is 2.19. The standard InChI is InChI=1S/C16H20ClN5O.ClH/c1-11(12-2-4-13(17)5-3-12)19-16(23)15-10-22(21-20-15)14-6-8-18-9-7-14;/h2-5,10-11,14,18H,6-9H2,1H3,(H,19,23);1H. The highest BCUT2D eigenvalue weighted by molar-refractivity contribution is 6.30. The van der Waals surface area contributed by atoms with Gasteiger partial charge < -0.3 is 10.6 Å². The maximum Gasteiger partial charge on any atom is 0.273 e. The van der Waals surface area contributed by atoms with Crippen molar-refractivity contribution in [2.24, 2.45) is 0 Å². The zero-order valence-electron chi connectivity index (χ0n) is 13.4. The van der Waals surface area contributed by atoms with E-state index in [0.717, 1.165) is 31.5 Å². The van der Waals surface area contributed by atoms with Crippen molar-refractivity contribution in [2.45, 2.75) is 31.8 Å². The van der Waals surface area contributed by atoms with E-state index < -0.39 is 0 Å². The summed E-state index contributed by atoms with van der Waals surface area (Å²) in [6.07, 6.45) is 3.75. The summed E-state index contributed by atoms with van der Waals surface area (Å²) < 4.78 is 1.81. The summed E-state index contributed by atoms with van der Waals surface area (Å²) in [6.45, 7) is 3.87. The molecule has 2 N–H and O–H groups in total. The lowest BCUT2D eigenvalue weighted by Crippen LogP contribution is -2.29. The maximum atomic E-state index is 12.3. The SMILES string of the molecule is CC(NC(=O)c1cn(C2CCNCC2)nn1)c1ccc(Cl)cc1.Cl. The quantitative estimate of drug-likeness (QED) is 0.868. The molecule has 1 unspecified atom stereocenters. The van der Waals surface area contributed by atoms with Crippen LogP contribution in [0.25, 0.3) is 0 Å². The van der Waals surface area contributed by atoms with E-state index in [2.05, 4.69) is 20.9 Å². The Kier molecular flexibility index (Phi) is 6.60. The molecule has 0 radical (unpaired) electrons. The molecule has 1 atom stereocenters. The van der Waals surface area contributed by atoms with Crippen LogP contribution in [0.1, 0.15) is 47.9 Å². The molecular weight excluding hydrogens is 349 g/mol. The first-order chi connectivity index (χ1) is 11.1. The third kappa shape index (κ3) is 4.47. The predicted molar refractivity (Wildman–Crippen MR) is 95.7 cm³/mol. The van der Waals surface area contributed by atoms with Gasteiger partial charge in [0.15, 0.2) is 5.69 Å². The average molecular weight is 370 g/mol. The Balaban J connectivity index is 0.00000208. The second-order valence-electron chi connectivity index (χ2n) is 5.81. The van der Waals surface area contributed by atoms with Crippen molar-refractivity contribution in [1.29, 1.82) is 0 Å². The first kappa shape index (κ1) is 18.7. The summed E-state index contributed by atoms with van der Waals surface area (Å²) in [4.78, 5) is 12.3. The molecule has 1 amide bonds. The molecule has 1 aromatic carbocycles. The number of carbonyl (C=O) groups excluding carboxylic acids is 1. The Morgan fingerprint density at radius 2 is 2.00 bits per heavy atom. The summed E-state index contributed by atoms with van der Waals surface area (Å²) in [6, 6.07) is 7.63. The Labute approximate surface area is 152 Å². The molecule has 8 heteroatoms. The van der Waals surface area contributed by atoms with Gasteiger partial charge in [-0.25, -0.2) is 4.68 Å². The van der Waals surface area contributed by atoms with E-state index in [4.69, 9.17) is 11.6 Å². The van der Waals surface area contributed by atoms with Crippen molar-refractivity contribution < 1.29 is 4.79 Å². The number of hydrogen-bond acceptors (Lipinski definition) is 4. The smallest absolute Gasteiger partial charge is 0.273 e. The molecular formula is C16H21Cl2N5O. The first-order valence-electron chi connectivity index (χ1n) is 7.82. The molecule has 1 aliphatic rings. The number of carbonyl (C=O) groups is 1. The Morgan fingerprint density at radius 3 is 2.67 bits per heavy atom. The molecule has 1 saturated heterocycles. The van der Waals surface area contributed by atoms with E-state index in [0.29, 0.717) is 16.8 Å². The Hall–Kier alpha value is -1.63. The van der Waals surface area contributed by atoms with Gasteiger partial charge in [-0.05, 0) is 50.6 Å². The van der Waals surface area contributed by atoms with Crippen LogP contribution in [0.4, 0.5) is 0 Å². The lowest BCUT2D eigenvalue weighted by molar-refractivity contribution is 0.0934. The Bertz CT molecular complexity index is 667. The van der Waals surface area contributed by atoms with Crippen LogP contribution in [0.5, 0.6) is 0 Å². The van der Waals surface area contributed by atoms with E-state index in [-0.39, 0.29) is 24.4 Å². The molecule has 2 heterocycles. The van der Waals surface area contributed by atoms with Crippen molar-refractivity contribution in [3.8, 4) is 0 Å². The van der Waals surface area contributed by atoms with Gasteiger partial charge in [-0.1, -0.05) is 28.9 Å². The number of rotatable bonds is 4. The number of aromatic nitrogens is 3. The van der Waals surface area contributed by atoms with Crippen LogP contribution in [-0.4, -0.2) is 34.0 Å². The number of nitrogens with one attached hydrogen (secondary N) is 2. The van der Waals surface area contributed by atoms with Gasteiger partial charge in [0.2, 0.25) is 0 Å². The van der Waals surface area contributed by atoms with Crippen LogP contribution in [0.15, 0.2) is 30.5 Å². The van der Waals surface area contributed by atoms with Crippen LogP contribution in [0.2, 0.25) is 5.02 Å². The van der Waals surface area contributed by atoms with Gasteiger partial charge in [-0.15, -0.1) is 17.5 Å². The minimum atomic E-state index is -0.215. The normalized spacial score (nSPS) is 16.2. The van der Waals surface area contributed by atoms with Crippen LogP contribution in [0.3, 0.4) is 0 Å². The van der Waals surface area contributed by atoms with Crippen LogP contribution < -0.4 is 10.6 Å². The molecule has 0 spiro atoms. The van der Waals surface area contributed by atoms with E-state index in [1.807, 2.05) is 35.9 Å². The maximum absolute atomic E-state index is 12.3. The largest absolute Gasteiger partial charge is 0.344 e. The fourth-order valence-corrected chi connectivity index (χ4v) is 2.86. The number of halogens is 2. The molecule has 1 aromatic heterocycles. The molecule has 3 rings (SSSR count). The summed E-state index contributed by atoms with van der Waals surface area (Å²) in [5, 5.41) is 15.1. The van der Waals surface area contributed by atoms with Gasteiger partial charge in [0.25, 0.3) is 5.91 Å². The average Bonchev–Trinajstić information content (AvgIpc) is 3.06. The second kappa shape index (κ2) is 8.46. The van der Waals surface area contributed by atoms with Crippen molar-refractivity contribution in [3.05, 3.63) is 46.7 Å². The van der Waals surface area contributed by atoms with Crippen molar-refractivity contribution in [1.82, 2.24) is 25.6 Å². The zero-order chi connectivity index (χ0) is 16.2. The van der Waals surface area contributed by atoms with Gasteiger partial charge in [-0.3, -0.25) is 4.79 Å². The van der Waals surface area contributed by atoms with Crippen LogP contribution >= 0.6 is 24.0 Å². The summed E-state index contributed by atoms with van der Waals surface area (Å²) in [5.41, 5.74) is 1.35. The molecule has 1 fully saturated rings. The number of piperidine rings is 1. The third-order valence-electron chi connectivity index (χ3n) is 4.14. The molecule has 0 aliphatic carbocycles. The van der Waals surface area contributed by atoms with Gasteiger partial charge in [0.1, 0.15) is 0 Å². The van der Waals surface area contributed by atoms with Crippen molar-refractivity contribution in [2.75, 3.05) is 13.1 Å². The number of nitrogens with zero attached hydrogens (tertiary/aromatic N) is 3. The lowest BCUT2D eigenvalue weighted by atomic mass is 10.1. The van der Waals surface area contributed by atoms with Crippen LogP contribution in [0, 0.1) is 0 Å². The fourth-order valence-electron chi connectivity index (χ4n) is 2.74. The first-order valence-corrected chi connectivity index (χ1v) is 8.20. The minimum Gasteiger partial charge on any atom is -0.344 e. The molecule has 6 nitrogen and oxygen atoms in total. The van der Waals surface area contributed by atoms with Crippen molar-refractivity contribution >= 4 is 29.9 Å². The lowest BCUT2D eigenvalue weighted by Gasteiger charge is -2.22. The van der Waals surface area contributed by atoms with E-state index in [1.54, 1.807) is 6.20 Å². The van der Waals surface area contributed by atoms with Gasteiger partial charge in [0.05, 0.1) is 18.3 Å². The van der Waals surface area contributed by atoms with Gasteiger partial charge in [0, 0.05) is 5.02 Å². The molecule has 0 saturated carbocycles. The summed E-state index contributed by atoms with van der Waals surface area (Å²) in [7, 11) is 0. The second-order valence-corrected chi connectivity index (χ2v) is 6.25. The highest BCUT2D eigenvalue weighted by atomic mass is 35.5. The zero-order valence-corrected chi connectivity index (χ0v) is 15.0. The fraction of sp³-hybridized carbons (Fsp3) is 0.438. The van der Waals surface area contributed by atoms with E-state index in [9.17, 15) is 4.79 Å². The van der Waals surface area contributed by atoms with E-state index >= 15 is 0 Å². The molecule has 2 aromatic rings. The number of benzene rings is 1. The number of hydrogen-bond donors (Lipinski definition) is 2. The van der Waals surface area contributed by atoms with Gasteiger partial charge >= 0.3 is 0 Å². The minimum absolute atomic E-state index is 0. The topological polar surface area (TPSA) is 71.8 Å². The molecule has 130 valence electrons. The molecule has 0 bridgehead atoms. The number of amides is 1. The summed E-state index contributed by atoms with van der Waals surface area (Å²) >= 11 is 5.88. The van der Waals surface area contributed by atoms with Crippen molar-refractivity contribution in [3.63, 3.8) is 0 Å². The van der Waals surface area contributed by atoms with Gasteiger partial charge in [-0.2, -0.15) is 0 Å². The molecule has 1 aliphatic heterocycles. The highest BCUT2D eigenvalue weighted by Crippen LogP contribution is 2.18. The third-order valence-corrected chi connectivity index (χ3v) is 4.40. The van der Waals surface area contributed by atoms with Crippen LogP contribution in [-0.2, 0) is 0 Å².